The summed E-state index contributed by atoms with van der Waals surface area (Å²) in [5.74, 6) is -0.773. The SMILES string of the molecule is CCCC1(C(=O)O)CCCN(C(=O)C2CCCC2N)C1. The topological polar surface area (TPSA) is 83.6 Å². The third kappa shape index (κ3) is 2.82. The maximum atomic E-state index is 12.6. The van der Waals surface area contributed by atoms with Crippen LogP contribution in [-0.2, 0) is 9.59 Å². The van der Waals surface area contributed by atoms with Crippen molar-refractivity contribution in [1.29, 1.82) is 0 Å². The minimum atomic E-state index is -0.757. The predicted molar refractivity (Wildman–Crippen MR) is 76.1 cm³/mol. The number of carboxylic acid groups (broad SMARTS) is 1. The Labute approximate surface area is 120 Å². The normalized spacial score (nSPS) is 34.2. The zero-order valence-corrected chi connectivity index (χ0v) is 12.3. The molecular formula is C15H26N2O3. The number of rotatable bonds is 4. The van der Waals surface area contributed by atoms with Gasteiger partial charge in [-0.25, -0.2) is 0 Å². The van der Waals surface area contributed by atoms with Crippen LogP contribution >= 0.6 is 0 Å². The van der Waals surface area contributed by atoms with E-state index in [1.807, 2.05) is 6.92 Å². The van der Waals surface area contributed by atoms with Gasteiger partial charge in [0, 0.05) is 19.1 Å². The monoisotopic (exact) mass is 282 g/mol. The molecule has 0 bridgehead atoms. The average molecular weight is 282 g/mol. The highest BCUT2D eigenvalue weighted by atomic mass is 16.4. The number of piperidine rings is 1. The number of likely N-dealkylation sites (tertiary alicyclic amines) is 1. The van der Waals surface area contributed by atoms with Crippen LogP contribution in [-0.4, -0.2) is 41.0 Å². The number of carbonyl (C=O) groups is 2. The fourth-order valence-corrected chi connectivity index (χ4v) is 3.81. The van der Waals surface area contributed by atoms with Crippen LogP contribution in [0.2, 0.25) is 0 Å². The molecule has 1 amide bonds. The lowest BCUT2D eigenvalue weighted by Gasteiger charge is -2.41. The highest BCUT2D eigenvalue weighted by molar-refractivity contribution is 5.82. The Bertz CT molecular complexity index is 381. The second kappa shape index (κ2) is 6.12. The van der Waals surface area contributed by atoms with Crippen molar-refractivity contribution in [2.45, 2.75) is 57.9 Å². The molecule has 3 unspecified atom stereocenters. The van der Waals surface area contributed by atoms with Gasteiger partial charge in [-0.2, -0.15) is 0 Å². The van der Waals surface area contributed by atoms with Gasteiger partial charge in [-0.1, -0.05) is 19.8 Å². The van der Waals surface area contributed by atoms with Crippen molar-refractivity contribution in [1.82, 2.24) is 4.90 Å². The lowest BCUT2D eigenvalue weighted by Crippen LogP contribution is -2.52. The first-order valence-corrected chi connectivity index (χ1v) is 7.78. The van der Waals surface area contributed by atoms with E-state index in [4.69, 9.17) is 5.73 Å². The maximum Gasteiger partial charge on any atom is 0.311 e. The summed E-state index contributed by atoms with van der Waals surface area (Å²) in [6.07, 6.45) is 5.69. The molecule has 0 aromatic rings. The molecule has 5 heteroatoms. The van der Waals surface area contributed by atoms with Gasteiger partial charge in [0.2, 0.25) is 5.91 Å². The molecule has 1 aliphatic carbocycles. The molecule has 5 nitrogen and oxygen atoms in total. The Morgan fingerprint density at radius 2 is 2.10 bits per heavy atom. The lowest BCUT2D eigenvalue weighted by molar-refractivity contribution is -0.156. The first-order valence-electron chi connectivity index (χ1n) is 7.78. The van der Waals surface area contributed by atoms with Crippen LogP contribution in [0.5, 0.6) is 0 Å². The summed E-state index contributed by atoms with van der Waals surface area (Å²) in [4.78, 5) is 26.0. The van der Waals surface area contributed by atoms with Crippen LogP contribution in [0, 0.1) is 11.3 Å². The minimum absolute atomic E-state index is 0.0465. The first kappa shape index (κ1) is 15.3. The van der Waals surface area contributed by atoms with Gasteiger partial charge in [0.1, 0.15) is 0 Å². The number of nitrogens with zero attached hydrogens (tertiary/aromatic N) is 1. The molecule has 0 aromatic heterocycles. The maximum absolute atomic E-state index is 12.6. The zero-order chi connectivity index (χ0) is 14.8. The standard InChI is InChI=1S/C15H26N2O3/c1-2-7-15(14(19)20)8-4-9-17(10-15)13(18)11-5-3-6-12(11)16/h11-12H,2-10,16H2,1H3,(H,19,20). The van der Waals surface area contributed by atoms with Gasteiger partial charge < -0.3 is 15.7 Å². The summed E-state index contributed by atoms with van der Waals surface area (Å²) in [6.45, 7) is 3.04. The van der Waals surface area contributed by atoms with Crippen molar-refractivity contribution < 1.29 is 14.7 Å². The van der Waals surface area contributed by atoms with E-state index in [0.717, 1.165) is 32.1 Å². The smallest absolute Gasteiger partial charge is 0.311 e. The Morgan fingerprint density at radius 1 is 1.35 bits per heavy atom. The van der Waals surface area contributed by atoms with Crippen LogP contribution in [0.4, 0.5) is 0 Å². The van der Waals surface area contributed by atoms with E-state index in [2.05, 4.69) is 0 Å². The van der Waals surface area contributed by atoms with Gasteiger partial charge in [0.05, 0.1) is 11.3 Å². The average Bonchev–Trinajstić information content (AvgIpc) is 2.84. The largest absolute Gasteiger partial charge is 0.481 e. The van der Waals surface area contributed by atoms with E-state index in [-0.39, 0.29) is 17.9 Å². The molecule has 1 saturated carbocycles. The van der Waals surface area contributed by atoms with Crippen molar-refractivity contribution in [3.63, 3.8) is 0 Å². The van der Waals surface area contributed by atoms with Crippen LogP contribution in [0.3, 0.4) is 0 Å². The molecule has 1 heterocycles. The summed E-state index contributed by atoms with van der Waals surface area (Å²) in [5, 5.41) is 9.57. The van der Waals surface area contributed by atoms with Gasteiger partial charge in [-0.3, -0.25) is 9.59 Å². The molecule has 2 aliphatic rings. The number of carboxylic acids is 1. The van der Waals surface area contributed by atoms with Gasteiger partial charge >= 0.3 is 5.97 Å². The summed E-state index contributed by atoms with van der Waals surface area (Å²) in [5.41, 5.74) is 5.26. The molecule has 2 fully saturated rings. The fourth-order valence-electron chi connectivity index (χ4n) is 3.81. The molecule has 3 atom stereocenters. The van der Waals surface area contributed by atoms with Crippen LogP contribution in [0.25, 0.3) is 0 Å². The van der Waals surface area contributed by atoms with E-state index in [1.165, 1.54) is 0 Å². The van der Waals surface area contributed by atoms with E-state index in [0.29, 0.717) is 25.9 Å². The van der Waals surface area contributed by atoms with Gasteiger partial charge in [-0.05, 0) is 32.1 Å². The molecule has 0 spiro atoms. The molecule has 0 radical (unpaired) electrons. The molecule has 0 aromatic carbocycles. The Kier molecular flexibility index (Phi) is 4.68. The molecule has 114 valence electrons. The molecule has 1 aliphatic heterocycles. The zero-order valence-electron chi connectivity index (χ0n) is 12.3. The third-order valence-electron chi connectivity index (χ3n) is 4.96. The Hall–Kier alpha value is -1.10. The molecule has 20 heavy (non-hydrogen) atoms. The van der Waals surface area contributed by atoms with Crippen molar-refractivity contribution in [2.75, 3.05) is 13.1 Å². The number of amides is 1. The van der Waals surface area contributed by atoms with E-state index in [9.17, 15) is 14.7 Å². The highest BCUT2D eigenvalue weighted by Crippen LogP contribution is 2.36. The number of carbonyl (C=O) groups excluding carboxylic acids is 1. The quantitative estimate of drug-likeness (QED) is 0.820. The third-order valence-corrected chi connectivity index (χ3v) is 4.96. The van der Waals surface area contributed by atoms with Crippen LogP contribution in [0.1, 0.15) is 51.9 Å². The van der Waals surface area contributed by atoms with E-state index >= 15 is 0 Å². The van der Waals surface area contributed by atoms with Gasteiger partial charge in [-0.15, -0.1) is 0 Å². The van der Waals surface area contributed by atoms with E-state index < -0.39 is 11.4 Å². The van der Waals surface area contributed by atoms with Gasteiger partial charge in [0.25, 0.3) is 0 Å². The number of nitrogens with two attached hydrogens (primary N) is 1. The number of aliphatic carboxylic acids is 1. The second-order valence-electron chi connectivity index (χ2n) is 6.40. The summed E-state index contributed by atoms with van der Waals surface area (Å²) >= 11 is 0. The lowest BCUT2D eigenvalue weighted by atomic mass is 9.76. The Balaban J connectivity index is 2.09. The van der Waals surface area contributed by atoms with Crippen LogP contribution in [0.15, 0.2) is 0 Å². The number of hydrogen-bond donors (Lipinski definition) is 2. The number of hydrogen-bond acceptors (Lipinski definition) is 3. The predicted octanol–water partition coefficient (Wildman–Crippen LogP) is 1.61. The second-order valence-corrected chi connectivity index (χ2v) is 6.40. The molecular weight excluding hydrogens is 256 g/mol. The van der Waals surface area contributed by atoms with Crippen molar-refractivity contribution in [3.8, 4) is 0 Å². The van der Waals surface area contributed by atoms with E-state index in [1.54, 1.807) is 4.90 Å². The summed E-state index contributed by atoms with van der Waals surface area (Å²) in [6, 6.07) is -0.0465. The van der Waals surface area contributed by atoms with Crippen LogP contribution < -0.4 is 5.73 Å². The molecule has 1 saturated heterocycles. The highest BCUT2D eigenvalue weighted by Gasteiger charge is 2.44. The fraction of sp³-hybridized carbons (Fsp3) is 0.867. The summed E-state index contributed by atoms with van der Waals surface area (Å²) in [7, 11) is 0. The van der Waals surface area contributed by atoms with Gasteiger partial charge in [0.15, 0.2) is 0 Å². The Morgan fingerprint density at radius 3 is 2.65 bits per heavy atom. The molecule has 3 N–H and O–H groups in total. The van der Waals surface area contributed by atoms with Crippen molar-refractivity contribution >= 4 is 11.9 Å². The minimum Gasteiger partial charge on any atom is -0.481 e. The van der Waals surface area contributed by atoms with Crippen molar-refractivity contribution in [2.24, 2.45) is 17.1 Å². The first-order chi connectivity index (χ1) is 9.50. The summed E-state index contributed by atoms with van der Waals surface area (Å²) < 4.78 is 0. The van der Waals surface area contributed by atoms with Crippen molar-refractivity contribution in [3.05, 3.63) is 0 Å². The molecule has 2 rings (SSSR count).